The van der Waals surface area contributed by atoms with Gasteiger partial charge in [0.2, 0.25) is 0 Å². The molecule has 0 radical (unpaired) electrons. The van der Waals surface area contributed by atoms with Crippen LogP contribution in [0.1, 0.15) is 0 Å². The average Bonchev–Trinajstić information content (AvgIpc) is 3.71. The molecule has 11 aromatic rings. The maximum Gasteiger partial charge on any atom is 0.0972 e. The highest BCUT2D eigenvalue weighted by Crippen LogP contribution is 2.46. The quantitative estimate of drug-likeness (QED) is 0.132. The van der Waals surface area contributed by atoms with Gasteiger partial charge in [-0.1, -0.05) is 158 Å². The molecule has 0 aliphatic heterocycles. The predicted molar refractivity (Wildman–Crippen MR) is 231 cm³/mol. The molecule has 3 heteroatoms. The monoisotopic (exact) mass is 699 g/mol. The highest BCUT2D eigenvalue weighted by molar-refractivity contribution is 6.24. The molecule has 0 fully saturated rings. The van der Waals surface area contributed by atoms with Crippen molar-refractivity contribution in [2.75, 3.05) is 0 Å². The number of hydrogen-bond acceptors (Lipinski definition) is 2. The summed E-state index contributed by atoms with van der Waals surface area (Å²) in [4.78, 5) is 10.2. The van der Waals surface area contributed by atoms with Crippen LogP contribution in [0.25, 0.3) is 105 Å². The van der Waals surface area contributed by atoms with Gasteiger partial charge in [-0.05, 0) is 91.0 Å². The van der Waals surface area contributed by atoms with Crippen LogP contribution in [-0.2, 0) is 0 Å². The zero-order valence-electron chi connectivity index (χ0n) is 29.9. The van der Waals surface area contributed by atoms with Crippen LogP contribution in [0.3, 0.4) is 0 Å². The summed E-state index contributed by atoms with van der Waals surface area (Å²) >= 11 is 0. The molecule has 0 bridgehead atoms. The SMILES string of the molecule is c1ccc(-c2ccc(-c3ccccc3)n2-c2ccc3c(-c4ccc5ccc6cccnc6c5n4)c4ccccc4c(-c4cccc5ccccc45)c3c2)cc1. The van der Waals surface area contributed by atoms with Crippen molar-refractivity contribution in [1.29, 1.82) is 0 Å². The fourth-order valence-electron chi connectivity index (χ4n) is 8.56. The highest BCUT2D eigenvalue weighted by atomic mass is 15.0. The Morgan fingerprint density at radius 1 is 0.364 bits per heavy atom. The van der Waals surface area contributed by atoms with Gasteiger partial charge in [0.1, 0.15) is 0 Å². The number of hydrogen-bond donors (Lipinski definition) is 0. The van der Waals surface area contributed by atoms with Gasteiger partial charge in [0.05, 0.1) is 28.1 Å². The van der Waals surface area contributed by atoms with Crippen molar-refractivity contribution in [3.05, 3.63) is 200 Å². The zero-order valence-corrected chi connectivity index (χ0v) is 29.9. The highest BCUT2D eigenvalue weighted by Gasteiger charge is 2.21. The van der Waals surface area contributed by atoms with Crippen LogP contribution in [0.2, 0.25) is 0 Å². The Bertz CT molecular complexity index is 3190. The Hall–Kier alpha value is -7.36. The molecule has 0 saturated heterocycles. The van der Waals surface area contributed by atoms with E-state index >= 15 is 0 Å². The zero-order chi connectivity index (χ0) is 36.3. The van der Waals surface area contributed by atoms with Crippen molar-refractivity contribution in [3.8, 4) is 50.6 Å². The van der Waals surface area contributed by atoms with Crippen molar-refractivity contribution < 1.29 is 0 Å². The largest absolute Gasteiger partial charge is 0.309 e. The van der Waals surface area contributed by atoms with E-state index in [2.05, 4.69) is 193 Å². The second-order valence-corrected chi connectivity index (χ2v) is 14.1. The molecule has 0 amide bonds. The lowest BCUT2D eigenvalue weighted by Crippen LogP contribution is -2.01. The number of fused-ring (bicyclic) bond motifs is 6. The minimum Gasteiger partial charge on any atom is -0.309 e. The molecule has 3 aromatic heterocycles. The Morgan fingerprint density at radius 3 is 1.69 bits per heavy atom. The molecular weight excluding hydrogens is 667 g/mol. The summed E-state index contributed by atoms with van der Waals surface area (Å²) < 4.78 is 2.41. The van der Waals surface area contributed by atoms with Crippen LogP contribution in [0.5, 0.6) is 0 Å². The van der Waals surface area contributed by atoms with E-state index < -0.39 is 0 Å². The Balaban J connectivity index is 1.28. The molecular formula is C52H33N3. The van der Waals surface area contributed by atoms with Gasteiger partial charge in [0.25, 0.3) is 0 Å². The maximum atomic E-state index is 5.44. The van der Waals surface area contributed by atoms with E-state index in [1.807, 2.05) is 12.3 Å². The molecule has 0 aliphatic rings. The third kappa shape index (κ3) is 5.05. The summed E-state index contributed by atoms with van der Waals surface area (Å²) in [7, 11) is 0. The van der Waals surface area contributed by atoms with E-state index in [0.717, 1.165) is 55.5 Å². The Morgan fingerprint density at radius 2 is 0.945 bits per heavy atom. The van der Waals surface area contributed by atoms with Crippen molar-refractivity contribution in [1.82, 2.24) is 14.5 Å². The van der Waals surface area contributed by atoms with E-state index in [4.69, 9.17) is 9.97 Å². The number of pyridine rings is 2. The van der Waals surface area contributed by atoms with Crippen molar-refractivity contribution >= 4 is 54.1 Å². The first-order chi connectivity index (χ1) is 27.3. The smallest absolute Gasteiger partial charge is 0.0972 e. The molecule has 0 aliphatic carbocycles. The molecule has 0 spiro atoms. The third-order valence-electron chi connectivity index (χ3n) is 11.0. The second-order valence-electron chi connectivity index (χ2n) is 14.1. The standard InChI is InChI=1S/C52H33N3/c1-3-14-35(15-4-1)47-30-31-48(36-16-5-2-6-17-36)55(47)39-27-28-44-45(33-39)49(41-23-11-18-34-13-7-8-20-40(34)41)42-21-9-10-22-43(42)50(44)46-29-26-38-25-24-37-19-12-32-53-51(37)52(38)54-46/h1-33H. The Labute approximate surface area is 318 Å². The Kier molecular flexibility index (Phi) is 7.17. The van der Waals surface area contributed by atoms with Crippen molar-refractivity contribution in [2.24, 2.45) is 0 Å². The van der Waals surface area contributed by atoms with Crippen LogP contribution in [0.15, 0.2) is 200 Å². The lowest BCUT2D eigenvalue weighted by Gasteiger charge is -2.21. The van der Waals surface area contributed by atoms with E-state index in [9.17, 15) is 0 Å². The molecule has 55 heavy (non-hydrogen) atoms. The van der Waals surface area contributed by atoms with Gasteiger partial charge >= 0.3 is 0 Å². The topological polar surface area (TPSA) is 30.7 Å². The van der Waals surface area contributed by atoms with Crippen LogP contribution < -0.4 is 0 Å². The second kappa shape index (κ2) is 12.6. The molecule has 0 saturated carbocycles. The summed E-state index contributed by atoms with van der Waals surface area (Å²) in [6.07, 6.45) is 1.86. The molecule has 256 valence electrons. The van der Waals surface area contributed by atoms with Crippen molar-refractivity contribution in [3.63, 3.8) is 0 Å². The fraction of sp³-hybridized carbons (Fsp3) is 0. The average molecular weight is 700 g/mol. The fourth-order valence-corrected chi connectivity index (χ4v) is 8.56. The van der Waals surface area contributed by atoms with Crippen LogP contribution in [0.4, 0.5) is 0 Å². The van der Waals surface area contributed by atoms with Gasteiger partial charge in [-0.2, -0.15) is 0 Å². The molecule has 0 unspecified atom stereocenters. The third-order valence-corrected chi connectivity index (χ3v) is 11.0. The summed E-state index contributed by atoms with van der Waals surface area (Å²) in [6, 6.07) is 69.9. The summed E-state index contributed by atoms with van der Waals surface area (Å²) in [5.74, 6) is 0. The van der Waals surface area contributed by atoms with Gasteiger partial charge in [-0.25, -0.2) is 4.98 Å². The van der Waals surface area contributed by atoms with E-state index in [1.54, 1.807) is 0 Å². The lowest BCUT2D eigenvalue weighted by molar-refractivity contribution is 1.10. The minimum absolute atomic E-state index is 0.912. The first-order valence-electron chi connectivity index (χ1n) is 18.7. The summed E-state index contributed by atoms with van der Waals surface area (Å²) in [5.41, 5.74) is 12.0. The van der Waals surface area contributed by atoms with E-state index in [0.29, 0.717) is 0 Å². The summed E-state index contributed by atoms with van der Waals surface area (Å²) in [6.45, 7) is 0. The van der Waals surface area contributed by atoms with E-state index in [-0.39, 0.29) is 0 Å². The van der Waals surface area contributed by atoms with E-state index in [1.165, 1.54) is 49.2 Å². The normalized spacial score (nSPS) is 11.6. The van der Waals surface area contributed by atoms with Crippen LogP contribution in [0, 0.1) is 0 Å². The van der Waals surface area contributed by atoms with Gasteiger partial charge in [0, 0.05) is 28.2 Å². The molecule has 0 atom stereocenters. The number of aromatic nitrogens is 3. The lowest BCUT2D eigenvalue weighted by atomic mass is 9.85. The molecule has 0 N–H and O–H groups in total. The van der Waals surface area contributed by atoms with Gasteiger partial charge in [0.15, 0.2) is 0 Å². The van der Waals surface area contributed by atoms with Gasteiger partial charge in [-0.3, -0.25) is 4.98 Å². The van der Waals surface area contributed by atoms with Crippen LogP contribution in [-0.4, -0.2) is 14.5 Å². The van der Waals surface area contributed by atoms with Crippen molar-refractivity contribution in [2.45, 2.75) is 0 Å². The first kappa shape index (κ1) is 31.2. The molecule has 3 nitrogen and oxygen atoms in total. The molecule has 11 rings (SSSR count). The number of rotatable bonds is 5. The van der Waals surface area contributed by atoms with Crippen LogP contribution >= 0.6 is 0 Å². The number of benzene rings is 8. The molecule has 3 heterocycles. The predicted octanol–water partition coefficient (Wildman–Crippen LogP) is 13.7. The number of nitrogens with zero attached hydrogens (tertiary/aromatic N) is 3. The minimum atomic E-state index is 0.912. The molecule has 8 aromatic carbocycles. The van der Waals surface area contributed by atoms with Gasteiger partial charge in [-0.15, -0.1) is 0 Å². The summed E-state index contributed by atoms with van der Waals surface area (Å²) in [5, 5.41) is 9.29. The van der Waals surface area contributed by atoms with Gasteiger partial charge < -0.3 is 4.57 Å². The maximum absolute atomic E-state index is 5.44. The first-order valence-corrected chi connectivity index (χ1v) is 18.7.